The van der Waals surface area contributed by atoms with Crippen molar-refractivity contribution >= 4 is 5.97 Å². The van der Waals surface area contributed by atoms with Gasteiger partial charge in [-0.3, -0.25) is 0 Å². The zero-order chi connectivity index (χ0) is 27.1. The number of aliphatic hydroxyl groups excluding tert-OH is 1. The minimum absolute atomic E-state index is 0.0104. The van der Waals surface area contributed by atoms with Crippen molar-refractivity contribution in [2.45, 2.75) is 102 Å². The van der Waals surface area contributed by atoms with Crippen molar-refractivity contribution in [3.8, 4) is 0 Å². The van der Waals surface area contributed by atoms with Gasteiger partial charge in [0.25, 0.3) is 0 Å². The number of hydrogen-bond acceptors (Lipinski definition) is 6. The highest BCUT2D eigenvalue weighted by atomic mass is 16.6. The van der Waals surface area contributed by atoms with Crippen molar-refractivity contribution in [3.63, 3.8) is 0 Å². The van der Waals surface area contributed by atoms with E-state index in [0.717, 1.165) is 37.7 Å². The van der Waals surface area contributed by atoms with E-state index in [1.807, 2.05) is 18.2 Å². The molecule has 0 spiro atoms. The topological polar surface area (TPSA) is 74.2 Å². The maximum absolute atomic E-state index is 12.9. The second-order valence-electron chi connectivity index (χ2n) is 11.7. The van der Waals surface area contributed by atoms with Gasteiger partial charge in [0.2, 0.25) is 0 Å². The van der Waals surface area contributed by atoms with Gasteiger partial charge in [-0.15, -0.1) is 0 Å². The molecule has 0 aromatic carbocycles. The molecule has 6 nitrogen and oxygen atoms in total. The van der Waals surface area contributed by atoms with E-state index in [4.69, 9.17) is 18.9 Å². The summed E-state index contributed by atoms with van der Waals surface area (Å²) < 4.78 is 23.9. The molecule has 1 saturated carbocycles. The molecular weight excluding hydrogens is 480 g/mol. The molecule has 0 saturated heterocycles. The maximum Gasteiger partial charge on any atom is 0.330 e. The van der Waals surface area contributed by atoms with Gasteiger partial charge in [-0.1, -0.05) is 61.1 Å². The summed E-state index contributed by atoms with van der Waals surface area (Å²) in [4.78, 5) is 12.9. The molecule has 3 aliphatic heterocycles. The van der Waals surface area contributed by atoms with Gasteiger partial charge in [0.05, 0.1) is 31.0 Å². The average molecular weight is 527 g/mol. The Morgan fingerprint density at radius 2 is 2.00 bits per heavy atom. The number of cyclic esters (lactones) is 1. The molecule has 2 bridgehead atoms. The second-order valence-corrected chi connectivity index (χ2v) is 11.7. The highest BCUT2D eigenvalue weighted by molar-refractivity contribution is 5.82. The molecule has 0 radical (unpaired) electrons. The van der Waals surface area contributed by atoms with Crippen molar-refractivity contribution in [2.75, 3.05) is 13.7 Å². The van der Waals surface area contributed by atoms with Crippen LogP contribution in [-0.4, -0.2) is 61.4 Å². The van der Waals surface area contributed by atoms with Crippen LogP contribution in [0, 0.1) is 17.8 Å². The largest absolute Gasteiger partial charge is 0.456 e. The lowest BCUT2D eigenvalue weighted by Gasteiger charge is -2.28. The molecule has 4 aliphatic rings. The van der Waals surface area contributed by atoms with Crippen LogP contribution in [0.15, 0.2) is 60.3 Å². The Labute approximate surface area is 228 Å². The molecule has 9 atom stereocenters. The maximum atomic E-state index is 12.9. The molecule has 38 heavy (non-hydrogen) atoms. The number of hydrogen-bond donors (Lipinski definition) is 1. The molecule has 0 amide bonds. The number of ether oxygens (including phenoxy) is 4. The zero-order valence-corrected chi connectivity index (χ0v) is 23.3. The first-order valence-electron chi connectivity index (χ1n) is 14.3. The van der Waals surface area contributed by atoms with E-state index in [2.05, 4.69) is 38.7 Å². The smallest absolute Gasteiger partial charge is 0.330 e. The molecule has 210 valence electrons. The van der Waals surface area contributed by atoms with Crippen LogP contribution in [0.5, 0.6) is 0 Å². The molecule has 0 aromatic heterocycles. The van der Waals surface area contributed by atoms with Crippen LogP contribution in [0.1, 0.15) is 65.2 Å². The molecule has 1 fully saturated rings. The van der Waals surface area contributed by atoms with Crippen LogP contribution < -0.4 is 0 Å². The Hall–Kier alpha value is -1.99. The van der Waals surface area contributed by atoms with E-state index in [-0.39, 0.29) is 36.1 Å². The van der Waals surface area contributed by atoms with Gasteiger partial charge in [-0.2, -0.15) is 0 Å². The first-order valence-corrected chi connectivity index (χ1v) is 14.3. The van der Waals surface area contributed by atoms with Gasteiger partial charge in [-0.05, 0) is 76.0 Å². The van der Waals surface area contributed by atoms with Crippen molar-refractivity contribution in [1.82, 2.24) is 0 Å². The van der Waals surface area contributed by atoms with Crippen LogP contribution >= 0.6 is 0 Å². The summed E-state index contributed by atoms with van der Waals surface area (Å²) >= 11 is 0. The first-order chi connectivity index (χ1) is 18.3. The minimum Gasteiger partial charge on any atom is -0.456 e. The Morgan fingerprint density at radius 1 is 1.16 bits per heavy atom. The number of esters is 1. The van der Waals surface area contributed by atoms with Gasteiger partial charge < -0.3 is 24.1 Å². The first kappa shape index (κ1) is 29.0. The van der Waals surface area contributed by atoms with Crippen LogP contribution in [0.25, 0.3) is 0 Å². The fraction of sp³-hybridized carbons (Fsp3) is 0.656. The Balaban J connectivity index is 1.47. The van der Waals surface area contributed by atoms with Gasteiger partial charge in [0.15, 0.2) is 0 Å². The monoisotopic (exact) mass is 526 g/mol. The van der Waals surface area contributed by atoms with E-state index in [1.54, 1.807) is 7.11 Å². The van der Waals surface area contributed by atoms with Crippen LogP contribution in [-0.2, 0) is 23.7 Å². The summed E-state index contributed by atoms with van der Waals surface area (Å²) in [6.07, 6.45) is 19.0. The SMILES string of the molecule is C=C1C[C@H](C)C[C@@H]2CC=C[C@@H](CC=CC(=O)O[C@H]([C@H](C=C[C@@H]3CC(C)=CCO3)OC)C[C@@H]3C[C@H]3[C@@H](O)C1)O2. The Morgan fingerprint density at radius 3 is 2.79 bits per heavy atom. The molecule has 1 N–H and O–H groups in total. The number of rotatable bonds is 4. The van der Waals surface area contributed by atoms with E-state index < -0.39 is 18.3 Å². The normalized spacial score (nSPS) is 38.1. The van der Waals surface area contributed by atoms with Gasteiger partial charge in [0, 0.05) is 13.2 Å². The highest BCUT2D eigenvalue weighted by Crippen LogP contribution is 2.47. The Kier molecular flexibility index (Phi) is 10.6. The number of carbonyl (C=O) groups excluding carboxylic acids is 1. The van der Waals surface area contributed by atoms with Crippen LogP contribution in [0.2, 0.25) is 0 Å². The highest BCUT2D eigenvalue weighted by Gasteiger charge is 2.45. The lowest BCUT2D eigenvalue weighted by molar-refractivity contribution is -0.149. The standard InChI is InChI=1S/C32H46O6/c1-21-13-14-36-26(16-21)11-12-30(35-4)31-20-24-19-28(24)29(33)18-23(3)15-22(2)17-27-9-5-7-25(37-27)8-6-10-32(34)38-31/h5-7,10-13,22,24-31,33H,3,8-9,14-20H2,1-2,4H3/t22-,24-,25-,26+,27-,28+,29-,30-,31-/m0/s1. The predicted octanol–water partition coefficient (Wildman–Crippen LogP) is 5.63. The molecule has 3 heterocycles. The van der Waals surface area contributed by atoms with Crippen molar-refractivity contribution in [1.29, 1.82) is 0 Å². The van der Waals surface area contributed by atoms with Crippen molar-refractivity contribution in [3.05, 3.63) is 60.3 Å². The molecule has 0 unspecified atom stereocenters. The lowest BCUT2D eigenvalue weighted by Crippen LogP contribution is -2.32. The molecule has 4 rings (SSSR count). The molecule has 0 aromatic rings. The summed E-state index contributed by atoms with van der Waals surface area (Å²) in [5.41, 5.74) is 2.40. The van der Waals surface area contributed by atoms with Gasteiger partial charge in [0.1, 0.15) is 12.2 Å². The van der Waals surface area contributed by atoms with Crippen molar-refractivity contribution < 1.29 is 28.8 Å². The van der Waals surface area contributed by atoms with Crippen LogP contribution in [0.4, 0.5) is 0 Å². The van der Waals surface area contributed by atoms with Crippen LogP contribution in [0.3, 0.4) is 0 Å². The second kappa shape index (κ2) is 13.9. The summed E-state index contributed by atoms with van der Waals surface area (Å²) in [5, 5.41) is 11.0. The van der Waals surface area contributed by atoms with E-state index >= 15 is 0 Å². The fourth-order valence-corrected chi connectivity index (χ4v) is 6.10. The number of fused-ring (bicyclic) bond motifs is 3. The predicted molar refractivity (Wildman–Crippen MR) is 148 cm³/mol. The third kappa shape index (κ3) is 8.77. The zero-order valence-electron chi connectivity index (χ0n) is 23.3. The number of carbonyl (C=O) groups is 1. The number of aliphatic hydroxyl groups is 1. The lowest BCUT2D eigenvalue weighted by atomic mass is 9.90. The summed E-state index contributed by atoms with van der Waals surface area (Å²) in [5.74, 6) is 0.546. The van der Waals surface area contributed by atoms with Crippen molar-refractivity contribution in [2.24, 2.45) is 17.8 Å². The number of methoxy groups -OCH3 is 1. The van der Waals surface area contributed by atoms with Gasteiger partial charge in [-0.25, -0.2) is 4.79 Å². The molecule has 1 aliphatic carbocycles. The van der Waals surface area contributed by atoms with Gasteiger partial charge >= 0.3 is 5.97 Å². The third-order valence-electron chi connectivity index (χ3n) is 8.23. The summed E-state index contributed by atoms with van der Waals surface area (Å²) in [7, 11) is 1.64. The molecule has 6 heteroatoms. The minimum atomic E-state index is -0.451. The van der Waals surface area contributed by atoms with E-state index in [9.17, 15) is 9.90 Å². The quantitative estimate of drug-likeness (QED) is 0.378. The summed E-state index contributed by atoms with van der Waals surface area (Å²) in [6.45, 7) is 9.23. The fourth-order valence-electron chi connectivity index (χ4n) is 6.10. The van der Waals surface area contributed by atoms with E-state index in [1.165, 1.54) is 11.6 Å². The molecular formula is C32H46O6. The Bertz CT molecular complexity index is 932. The summed E-state index contributed by atoms with van der Waals surface area (Å²) in [6, 6.07) is 0. The average Bonchev–Trinajstić information content (AvgIpc) is 3.63. The van der Waals surface area contributed by atoms with E-state index in [0.29, 0.717) is 31.8 Å². The third-order valence-corrected chi connectivity index (χ3v) is 8.23.